The molecule has 0 unspecified atom stereocenters. The first-order valence-electron chi connectivity index (χ1n) is 8.40. The van der Waals surface area contributed by atoms with Crippen LogP contribution >= 0.6 is 11.8 Å². The maximum absolute atomic E-state index is 12.7. The van der Waals surface area contributed by atoms with Gasteiger partial charge in [0.1, 0.15) is 0 Å². The standard InChI is InChI=1S/C18H21NO5S2/c1-11-17(14-5-3-4-6-15(14)19-11)18(21)12(2)24-16(20)9-25-13-7-8-26(22,23)10-13/h3-6,12-13,19H,7-10H2,1-2H3/t12-,13+/m1/s1. The average molecular weight is 396 g/mol. The summed E-state index contributed by atoms with van der Waals surface area (Å²) in [5, 5.41) is 0.734. The molecule has 0 radical (unpaired) electrons. The number of hydrogen-bond acceptors (Lipinski definition) is 6. The van der Waals surface area contributed by atoms with Gasteiger partial charge in [0.15, 0.2) is 15.9 Å². The van der Waals surface area contributed by atoms with Gasteiger partial charge in [0.05, 0.1) is 17.3 Å². The quantitative estimate of drug-likeness (QED) is 0.597. The fourth-order valence-corrected chi connectivity index (χ4v) is 6.58. The van der Waals surface area contributed by atoms with Crippen molar-refractivity contribution in [1.29, 1.82) is 0 Å². The van der Waals surface area contributed by atoms with E-state index in [1.54, 1.807) is 6.92 Å². The van der Waals surface area contributed by atoms with Crippen molar-refractivity contribution in [2.24, 2.45) is 0 Å². The van der Waals surface area contributed by atoms with E-state index < -0.39 is 21.9 Å². The molecule has 2 heterocycles. The summed E-state index contributed by atoms with van der Waals surface area (Å²) < 4.78 is 28.2. The minimum atomic E-state index is -2.97. The molecule has 140 valence electrons. The van der Waals surface area contributed by atoms with Crippen LogP contribution in [0.3, 0.4) is 0 Å². The summed E-state index contributed by atoms with van der Waals surface area (Å²) in [4.78, 5) is 27.9. The average Bonchev–Trinajstić information content (AvgIpc) is 3.10. The molecule has 0 saturated carbocycles. The van der Waals surface area contributed by atoms with Crippen LogP contribution in [0, 0.1) is 6.92 Å². The van der Waals surface area contributed by atoms with E-state index in [1.807, 2.05) is 31.2 Å². The summed E-state index contributed by atoms with van der Waals surface area (Å²) in [5.41, 5.74) is 2.14. The molecule has 26 heavy (non-hydrogen) atoms. The smallest absolute Gasteiger partial charge is 0.316 e. The SMILES string of the molecule is Cc1[nH]c2ccccc2c1C(=O)[C@@H](C)OC(=O)CS[C@H]1CCS(=O)(=O)C1. The Bertz CT molecular complexity index is 948. The summed E-state index contributed by atoms with van der Waals surface area (Å²) in [6.45, 7) is 3.38. The predicted molar refractivity (Wildman–Crippen MR) is 102 cm³/mol. The van der Waals surface area contributed by atoms with Crippen molar-refractivity contribution in [3.63, 3.8) is 0 Å². The Kier molecular flexibility index (Phi) is 5.43. The summed E-state index contributed by atoms with van der Waals surface area (Å²) in [6.07, 6.45) is -0.336. The van der Waals surface area contributed by atoms with E-state index in [9.17, 15) is 18.0 Å². The van der Waals surface area contributed by atoms with Crippen LogP contribution in [0.25, 0.3) is 10.9 Å². The maximum atomic E-state index is 12.7. The van der Waals surface area contributed by atoms with Gasteiger partial charge in [-0.3, -0.25) is 9.59 Å². The molecule has 0 spiro atoms. The molecule has 6 nitrogen and oxygen atoms in total. The zero-order chi connectivity index (χ0) is 18.9. The number of hydrogen-bond donors (Lipinski definition) is 1. The Hall–Kier alpha value is -1.80. The minimum absolute atomic E-state index is 0.0463. The summed E-state index contributed by atoms with van der Waals surface area (Å²) >= 11 is 1.28. The Labute approximate surface area is 156 Å². The first-order valence-corrected chi connectivity index (χ1v) is 11.3. The van der Waals surface area contributed by atoms with Crippen LogP contribution in [0.5, 0.6) is 0 Å². The highest BCUT2D eigenvalue weighted by Gasteiger charge is 2.29. The van der Waals surface area contributed by atoms with Crippen LogP contribution in [0.4, 0.5) is 0 Å². The van der Waals surface area contributed by atoms with Crippen molar-refractivity contribution in [2.45, 2.75) is 31.6 Å². The first kappa shape index (κ1) is 19.0. The highest BCUT2D eigenvalue weighted by atomic mass is 32.2. The van der Waals surface area contributed by atoms with Gasteiger partial charge in [-0.25, -0.2) is 8.42 Å². The monoisotopic (exact) mass is 395 g/mol. The van der Waals surface area contributed by atoms with Gasteiger partial charge in [-0.1, -0.05) is 18.2 Å². The maximum Gasteiger partial charge on any atom is 0.316 e. The van der Waals surface area contributed by atoms with Crippen molar-refractivity contribution in [3.05, 3.63) is 35.5 Å². The zero-order valence-electron chi connectivity index (χ0n) is 14.7. The number of thioether (sulfide) groups is 1. The molecule has 0 bridgehead atoms. The predicted octanol–water partition coefficient (Wildman–Crippen LogP) is 2.51. The van der Waals surface area contributed by atoms with Crippen molar-refractivity contribution in [3.8, 4) is 0 Å². The Balaban J connectivity index is 1.60. The van der Waals surface area contributed by atoms with E-state index in [1.165, 1.54) is 11.8 Å². The number of H-pyrrole nitrogens is 1. The fraction of sp³-hybridized carbons (Fsp3) is 0.444. The van der Waals surface area contributed by atoms with Gasteiger partial charge < -0.3 is 9.72 Å². The van der Waals surface area contributed by atoms with Crippen molar-refractivity contribution >= 4 is 44.3 Å². The second kappa shape index (κ2) is 7.44. The van der Waals surface area contributed by atoms with Crippen LogP contribution in [0.2, 0.25) is 0 Å². The summed E-state index contributed by atoms with van der Waals surface area (Å²) in [6, 6.07) is 7.49. The molecule has 1 aliphatic heterocycles. The number of Topliss-reactive ketones (excluding diaryl/α,β-unsaturated/α-hetero) is 1. The lowest BCUT2D eigenvalue weighted by molar-refractivity contribution is -0.143. The molecule has 8 heteroatoms. The third-order valence-electron chi connectivity index (χ3n) is 4.44. The van der Waals surface area contributed by atoms with Crippen molar-refractivity contribution < 1.29 is 22.7 Å². The summed E-state index contributed by atoms with van der Waals surface area (Å²) in [5.74, 6) is -0.424. The third-order valence-corrected chi connectivity index (χ3v) is 7.70. The second-order valence-electron chi connectivity index (χ2n) is 6.50. The molecule has 1 aromatic heterocycles. The molecular weight excluding hydrogens is 374 g/mol. The molecule has 2 atom stereocenters. The number of benzene rings is 1. The number of rotatable bonds is 6. The van der Waals surface area contributed by atoms with Crippen LogP contribution < -0.4 is 0 Å². The minimum Gasteiger partial charge on any atom is -0.454 e. The number of carbonyl (C=O) groups excluding carboxylic acids is 2. The largest absolute Gasteiger partial charge is 0.454 e. The van der Waals surface area contributed by atoms with Gasteiger partial charge >= 0.3 is 5.97 Å². The number of carbonyl (C=O) groups is 2. The molecule has 1 aromatic carbocycles. The molecule has 3 rings (SSSR count). The molecule has 0 amide bonds. The lowest BCUT2D eigenvalue weighted by atomic mass is 10.0. The van der Waals surface area contributed by atoms with E-state index >= 15 is 0 Å². The fourth-order valence-electron chi connectivity index (χ4n) is 3.16. The number of ketones is 1. The molecule has 1 N–H and O–H groups in total. The van der Waals surface area contributed by atoms with Gasteiger partial charge in [-0.2, -0.15) is 0 Å². The van der Waals surface area contributed by atoms with E-state index in [0.29, 0.717) is 12.0 Å². The number of ether oxygens (including phenoxy) is 1. The normalized spacial score (nSPS) is 20.2. The third kappa shape index (κ3) is 4.12. The molecule has 1 fully saturated rings. The van der Waals surface area contributed by atoms with Gasteiger partial charge in [0.25, 0.3) is 0 Å². The van der Waals surface area contributed by atoms with Gasteiger partial charge in [-0.15, -0.1) is 11.8 Å². The zero-order valence-corrected chi connectivity index (χ0v) is 16.3. The topological polar surface area (TPSA) is 93.3 Å². The molecule has 2 aromatic rings. The number of aromatic nitrogens is 1. The number of para-hydroxylation sites is 1. The highest BCUT2D eigenvalue weighted by Crippen LogP contribution is 2.26. The number of fused-ring (bicyclic) bond motifs is 1. The van der Waals surface area contributed by atoms with E-state index in [0.717, 1.165) is 16.6 Å². The van der Waals surface area contributed by atoms with Crippen LogP contribution in [0.15, 0.2) is 24.3 Å². The number of nitrogens with one attached hydrogen (secondary N) is 1. The number of aryl methyl sites for hydroxylation is 1. The molecule has 0 aliphatic carbocycles. The number of sulfone groups is 1. The van der Waals surface area contributed by atoms with E-state index in [-0.39, 0.29) is 28.3 Å². The molecule has 1 saturated heterocycles. The highest BCUT2D eigenvalue weighted by molar-refractivity contribution is 8.02. The van der Waals surface area contributed by atoms with Crippen LogP contribution in [0.1, 0.15) is 29.4 Å². The Morgan fingerprint density at radius 2 is 2.08 bits per heavy atom. The number of aromatic amines is 1. The summed E-state index contributed by atoms with van der Waals surface area (Å²) in [7, 11) is -2.97. The van der Waals surface area contributed by atoms with Gasteiger partial charge in [-0.05, 0) is 26.3 Å². The van der Waals surface area contributed by atoms with Gasteiger partial charge in [0.2, 0.25) is 5.78 Å². The van der Waals surface area contributed by atoms with Crippen LogP contribution in [-0.4, -0.2) is 53.8 Å². The lowest BCUT2D eigenvalue weighted by Gasteiger charge is -2.13. The van der Waals surface area contributed by atoms with E-state index in [4.69, 9.17) is 4.74 Å². The van der Waals surface area contributed by atoms with Crippen molar-refractivity contribution in [2.75, 3.05) is 17.3 Å². The second-order valence-corrected chi connectivity index (χ2v) is 10.0. The van der Waals surface area contributed by atoms with Crippen LogP contribution in [-0.2, 0) is 19.4 Å². The molecular formula is C18H21NO5S2. The molecule has 1 aliphatic rings. The van der Waals surface area contributed by atoms with E-state index in [2.05, 4.69) is 4.98 Å². The lowest BCUT2D eigenvalue weighted by Crippen LogP contribution is -2.26. The Morgan fingerprint density at radius 3 is 2.77 bits per heavy atom. The van der Waals surface area contributed by atoms with Crippen molar-refractivity contribution in [1.82, 2.24) is 4.98 Å². The number of esters is 1. The first-order chi connectivity index (χ1) is 12.3. The van der Waals surface area contributed by atoms with Gasteiger partial charge in [0, 0.05) is 27.4 Å². The Morgan fingerprint density at radius 1 is 1.35 bits per heavy atom.